The summed E-state index contributed by atoms with van der Waals surface area (Å²) in [6.07, 6.45) is 0. The number of carbonyl (C=O) groups is 1. The van der Waals surface area contributed by atoms with Gasteiger partial charge >= 0.3 is 0 Å². The minimum Gasteiger partial charge on any atom is -0.497 e. The molecule has 0 unspecified atom stereocenters. The topological polar surface area (TPSA) is 98.5 Å². The number of hydrogen-bond donors (Lipinski definition) is 2. The Morgan fingerprint density at radius 2 is 1.77 bits per heavy atom. The van der Waals surface area contributed by atoms with Gasteiger partial charge in [0.15, 0.2) is 0 Å². The van der Waals surface area contributed by atoms with Crippen LogP contribution < -0.4 is 20.1 Å². The monoisotopic (exact) mass is 472 g/mol. The lowest BCUT2D eigenvalue weighted by molar-refractivity contribution is 0.102. The van der Waals surface area contributed by atoms with Crippen molar-refractivity contribution in [3.8, 4) is 34.0 Å². The second-order valence-corrected chi connectivity index (χ2v) is 8.01. The highest BCUT2D eigenvalue weighted by molar-refractivity contribution is 6.06. The number of likely N-dealkylation sites (N-methyl/N-ethyl adjacent to an activating group) is 1. The van der Waals surface area contributed by atoms with Crippen LogP contribution in [0.5, 0.6) is 11.5 Å². The van der Waals surface area contributed by atoms with Crippen molar-refractivity contribution < 1.29 is 18.8 Å². The molecule has 3 aromatic carbocycles. The number of methoxy groups -OCH3 is 1. The predicted molar refractivity (Wildman–Crippen MR) is 135 cm³/mol. The third kappa shape index (κ3) is 5.67. The van der Waals surface area contributed by atoms with E-state index < -0.39 is 0 Å². The molecule has 35 heavy (non-hydrogen) atoms. The van der Waals surface area contributed by atoms with Crippen LogP contribution in [0.4, 0.5) is 5.69 Å². The number of aryl methyl sites for hydroxylation is 2. The van der Waals surface area contributed by atoms with E-state index in [0.717, 1.165) is 28.0 Å². The molecule has 0 bridgehead atoms. The van der Waals surface area contributed by atoms with E-state index in [2.05, 4.69) is 20.8 Å². The number of hydrogen-bond acceptors (Lipinski definition) is 7. The first-order chi connectivity index (χ1) is 17.0. The number of amides is 1. The first kappa shape index (κ1) is 24.0. The molecular weight excluding hydrogens is 444 g/mol. The van der Waals surface area contributed by atoms with Crippen molar-refractivity contribution in [3.63, 3.8) is 0 Å². The molecule has 1 heterocycles. The molecule has 180 valence electrons. The van der Waals surface area contributed by atoms with Crippen LogP contribution in [0.15, 0.2) is 65.2 Å². The summed E-state index contributed by atoms with van der Waals surface area (Å²) < 4.78 is 16.3. The number of aromatic nitrogens is 2. The van der Waals surface area contributed by atoms with Gasteiger partial charge in [-0.15, -0.1) is 0 Å². The van der Waals surface area contributed by atoms with Crippen LogP contribution in [0.25, 0.3) is 22.5 Å². The van der Waals surface area contributed by atoms with Gasteiger partial charge in [0.2, 0.25) is 11.7 Å². The Morgan fingerprint density at radius 1 is 1.00 bits per heavy atom. The maximum Gasteiger partial charge on any atom is 0.259 e. The second-order valence-electron chi connectivity index (χ2n) is 8.01. The molecule has 0 saturated heterocycles. The maximum atomic E-state index is 13.1. The zero-order valence-corrected chi connectivity index (χ0v) is 20.2. The average molecular weight is 473 g/mol. The molecule has 2 N–H and O–H groups in total. The molecule has 0 atom stereocenters. The number of nitrogens with one attached hydrogen (secondary N) is 2. The van der Waals surface area contributed by atoms with Gasteiger partial charge in [-0.25, -0.2) is 0 Å². The van der Waals surface area contributed by atoms with Gasteiger partial charge in [-0.1, -0.05) is 23.4 Å². The van der Waals surface area contributed by atoms with E-state index in [0.29, 0.717) is 41.9 Å². The van der Waals surface area contributed by atoms with Crippen LogP contribution in [0.1, 0.15) is 21.8 Å². The van der Waals surface area contributed by atoms with Crippen molar-refractivity contribution in [1.29, 1.82) is 0 Å². The molecule has 8 heteroatoms. The highest BCUT2D eigenvalue weighted by Crippen LogP contribution is 2.32. The van der Waals surface area contributed by atoms with Gasteiger partial charge in [0.05, 0.1) is 12.7 Å². The first-order valence-electron chi connectivity index (χ1n) is 11.3. The molecule has 0 aliphatic rings. The lowest BCUT2D eigenvalue weighted by Gasteiger charge is -2.15. The Bertz CT molecular complexity index is 1320. The number of anilines is 1. The number of carbonyl (C=O) groups excluding carboxylic acids is 1. The van der Waals surface area contributed by atoms with Gasteiger partial charge in [-0.2, -0.15) is 4.98 Å². The normalized spacial score (nSPS) is 10.7. The van der Waals surface area contributed by atoms with Crippen LogP contribution in [-0.2, 0) is 0 Å². The smallest absolute Gasteiger partial charge is 0.259 e. The molecule has 8 nitrogen and oxygen atoms in total. The van der Waals surface area contributed by atoms with Gasteiger partial charge in [0, 0.05) is 24.7 Å². The number of rotatable bonds is 9. The molecule has 1 amide bonds. The van der Waals surface area contributed by atoms with E-state index >= 15 is 0 Å². The molecule has 0 fully saturated rings. The van der Waals surface area contributed by atoms with Crippen molar-refractivity contribution in [1.82, 2.24) is 15.5 Å². The average Bonchev–Trinajstić information content (AvgIpc) is 3.31. The highest BCUT2D eigenvalue weighted by Gasteiger charge is 2.16. The van der Waals surface area contributed by atoms with Crippen LogP contribution in [0.2, 0.25) is 0 Å². The summed E-state index contributed by atoms with van der Waals surface area (Å²) in [5, 5.41) is 9.98. The first-order valence-corrected chi connectivity index (χ1v) is 11.3. The summed E-state index contributed by atoms with van der Waals surface area (Å²) in [7, 11) is 3.46. The zero-order chi connectivity index (χ0) is 24.8. The fourth-order valence-electron chi connectivity index (χ4n) is 3.68. The van der Waals surface area contributed by atoms with Gasteiger partial charge in [-0.3, -0.25) is 4.79 Å². The summed E-state index contributed by atoms with van der Waals surface area (Å²) in [4.78, 5) is 17.4. The summed E-state index contributed by atoms with van der Waals surface area (Å²) in [6.45, 7) is 4.87. The Hall–Kier alpha value is -4.17. The third-order valence-corrected chi connectivity index (χ3v) is 5.51. The Balaban J connectivity index is 1.62. The van der Waals surface area contributed by atoms with E-state index in [1.165, 1.54) is 0 Å². The summed E-state index contributed by atoms with van der Waals surface area (Å²) in [6, 6.07) is 18.8. The molecule has 0 aliphatic carbocycles. The van der Waals surface area contributed by atoms with Crippen LogP contribution in [0.3, 0.4) is 0 Å². The fourth-order valence-corrected chi connectivity index (χ4v) is 3.68. The quantitative estimate of drug-likeness (QED) is 0.335. The molecular formula is C27H28N4O4. The predicted octanol–water partition coefficient (Wildman–Crippen LogP) is 4.88. The minimum atomic E-state index is -0.249. The Kier molecular flexibility index (Phi) is 7.42. The summed E-state index contributed by atoms with van der Waals surface area (Å²) in [5.74, 6) is 2.06. The molecule has 0 saturated carbocycles. The second kappa shape index (κ2) is 10.8. The maximum absolute atomic E-state index is 13.1. The summed E-state index contributed by atoms with van der Waals surface area (Å²) >= 11 is 0. The summed E-state index contributed by atoms with van der Waals surface area (Å²) in [5.41, 5.74) is 5.01. The number of benzene rings is 3. The van der Waals surface area contributed by atoms with Crippen molar-refractivity contribution in [2.45, 2.75) is 13.8 Å². The van der Waals surface area contributed by atoms with Gasteiger partial charge < -0.3 is 24.6 Å². The number of ether oxygens (including phenoxy) is 2. The van der Waals surface area contributed by atoms with E-state index in [9.17, 15) is 4.79 Å². The largest absolute Gasteiger partial charge is 0.497 e. The molecule has 4 aromatic rings. The zero-order valence-electron chi connectivity index (χ0n) is 20.2. The van der Waals surface area contributed by atoms with Crippen LogP contribution in [-0.4, -0.2) is 43.4 Å². The Morgan fingerprint density at radius 3 is 2.43 bits per heavy atom. The van der Waals surface area contributed by atoms with Crippen LogP contribution >= 0.6 is 0 Å². The van der Waals surface area contributed by atoms with Crippen LogP contribution in [0, 0.1) is 13.8 Å². The lowest BCUT2D eigenvalue weighted by atomic mass is 9.96. The van der Waals surface area contributed by atoms with Crippen molar-refractivity contribution in [2.24, 2.45) is 0 Å². The van der Waals surface area contributed by atoms with Crippen molar-refractivity contribution >= 4 is 11.6 Å². The number of nitrogens with zero attached hydrogens (tertiary/aromatic N) is 2. The van der Waals surface area contributed by atoms with Crippen molar-refractivity contribution in [3.05, 3.63) is 77.7 Å². The molecule has 4 rings (SSSR count). The molecule has 0 spiro atoms. The fraction of sp³-hybridized carbons (Fsp3) is 0.222. The van der Waals surface area contributed by atoms with Gasteiger partial charge in [-0.05, 0) is 73.1 Å². The van der Waals surface area contributed by atoms with E-state index in [-0.39, 0.29) is 5.91 Å². The standard InChI is InChI=1S/C27H28N4O4/c1-17-15-20(26-29-18(2)35-31-26)6-11-23(17)19-5-12-24(25(16-19)34-14-13-28-3)27(32)30-21-7-9-22(33-4)10-8-21/h5-12,15-16,28H,13-14H2,1-4H3,(H,30,32). The molecule has 0 radical (unpaired) electrons. The van der Waals surface area contributed by atoms with E-state index in [1.807, 2.05) is 44.3 Å². The Labute approximate surface area is 204 Å². The minimum absolute atomic E-state index is 0.249. The van der Waals surface area contributed by atoms with Crippen molar-refractivity contribution in [2.75, 3.05) is 32.6 Å². The highest BCUT2D eigenvalue weighted by atomic mass is 16.5. The van der Waals surface area contributed by atoms with E-state index in [4.69, 9.17) is 14.0 Å². The third-order valence-electron chi connectivity index (χ3n) is 5.51. The van der Waals surface area contributed by atoms with E-state index in [1.54, 1.807) is 44.4 Å². The lowest BCUT2D eigenvalue weighted by Crippen LogP contribution is -2.18. The van der Waals surface area contributed by atoms with Gasteiger partial charge in [0.25, 0.3) is 5.91 Å². The van der Waals surface area contributed by atoms with Gasteiger partial charge in [0.1, 0.15) is 18.1 Å². The molecule has 0 aliphatic heterocycles. The molecule has 1 aromatic heterocycles. The SMILES string of the molecule is CNCCOc1cc(-c2ccc(-c3noc(C)n3)cc2C)ccc1C(=O)Nc1ccc(OC)cc1.